The lowest BCUT2D eigenvalue weighted by Crippen LogP contribution is -2.31. The number of carbonyl (C=O) groups excluding carboxylic acids is 2. The summed E-state index contributed by atoms with van der Waals surface area (Å²) in [5, 5.41) is 5.56. The molecule has 0 fully saturated rings. The number of aryl methyl sites for hydroxylation is 2. The van der Waals surface area contributed by atoms with Crippen LogP contribution in [0.15, 0.2) is 28.8 Å². The summed E-state index contributed by atoms with van der Waals surface area (Å²) in [5.41, 5.74) is 1.70. The van der Waals surface area contributed by atoms with Crippen molar-refractivity contribution in [3.05, 3.63) is 47.2 Å². The average molecular weight is 330 g/mol. The summed E-state index contributed by atoms with van der Waals surface area (Å²) in [5.74, 6) is 1.36. The normalized spacial score (nSPS) is 11.7. The Morgan fingerprint density at radius 2 is 1.96 bits per heavy atom. The van der Waals surface area contributed by atoms with Gasteiger partial charge in [-0.1, -0.05) is 0 Å². The first-order valence-corrected chi connectivity index (χ1v) is 7.60. The fourth-order valence-corrected chi connectivity index (χ4v) is 2.38. The molecule has 0 bridgehead atoms. The maximum Gasteiger partial charge on any atom is 0.319 e. The van der Waals surface area contributed by atoms with Crippen LogP contribution in [0.3, 0.4) is 0 Å². The molecule has 2 aromatic heterocycles. The van der Waals surface area contributed by atoms with Crippen LogP contribution in [-0.2, 0) is 0 Å². The topological polar surface area (TPSA) is 87.5 Å². The number of nitrogens with one attached hydrogen (secondary N) is 2. The molecule has 0 aliphatic rings. The van der Waals surface area contributed by atoms with E-state index in [-0.39, 0.29) is 23.7 Å². The lowest BCUT2D eigenvalue weighted by Gasteiger charge is -2.15. The predicted molar refractivity (Wildman–Crippen MR) is 91.0 cm³/mol. The number of nitrogens with zero attached hydrogens (tertiary/aromatic N) is 2. The first-order valence-electron chi connectivity index (χ1n) is 7.60. The summed E-state index contributed by atoms with van der Waals surface area (Å²) in [6, 6.07) is 4.51. The molecule has 0 radical (unpaired) electrons. The van der Waals surface area contributed by atoms with Crippen molar-refractivity contribution < 1.29 is 14.0 Å². The molecule has 7 heteroatoms. The average Bonchev–Trinajstić information content (AvgIpc) is 2.85. The van der Waals surface area contributed by atoms with Crippen molar-refractivity contribution >= 4 is 17.6 Å². The number of furan rings is 1. The lowest BCUT2D eigenvalue weighted by molar-refractivity contribution is 0.0822. The van der Waals surface area contributed by atoms with Gasteiger partial charge in [-0.3, -0.25) is 9.78 Å². The maximum absolute atomic E-state index is 12.2. The molecule has 7 nitrogen and oxygen atoms in total. The Bertz CT molecular complexity index is 752. The molecule has 2 aromatic rings. The molecule has 0 unspecified atom stereocenters. The number of urea groups is 1. The minimum atomic E-state index is -0.366. The Morgan fingerprint density at radius 1 is 1.25 bits per heavy atom. The Kier molecular flexibility index (Phi) is 5.23. The van der Waals surface area contributed by atoms with Crippen LogP contribution < -0.4 is 10.6 Å². The van der Waals surface area contributed by atoms with Gasteiger partial charge in [-0.2, -0.15) is 0 Å². The molecule has 1 atom stereocenters. The highest BCUT2D eigenvalue weighted by atomic mass is 16.3. The first-order chi connectivity index (χ1) is 11.3. The first kappa shape index (κ1) is 17.5. The SMILES string of the molecule is Cc1cc([C@H](C)NC(=O)Nc2ccnc(C(=O)N(C)C)c2)c(C)o1. The summed E-state index contributed by atoms with van der Waals surface area (Å²) < 4.78 is 5.48. The standard InChI is InChI=1S/C17H22N4O3/c1-10-8-14(12(3)24-10)11(2)19-17(23)20-13-6-7-18-15(9-13)16(22)21(4)5/h6-9,11H,1-5H3,(H2,18,19,20,23)/t11-/m0/s1. The lowest BCUT2D eigenvalue weighted by atomic mass is 10.1. The van der Waals surface area contributed by atoms with Gasteiger partial charge >= 0.3 is 6.03 Å². The van der Waals surface area contributed by atoms with E-state index in [4.69, 9.17) is 4.42 Å². The predicted octanol–water partition coefficient (Wildman–Crippen LogP) is 2.88. The second kappa shape index (κ2) is 7.16. The van der Waals surface area contributed by atoms with Crippen molar-refractivity contribution in [1.82, 2.24) is 15.2 Å². The zero-order valence-electron chi connectivity index (χ0n) is 14.5. The number of rotatable bonds is 4. The van der Waals surface area contributed by atoms with Crippen LogP contribution in [-0.4, -0.2) is 35.9 Å². The van der Waals surface area contributed by atoms with E-state index in [1.165, 1.54) is 11.1 Å². The molecule has 3 amide bonds. The molecule has 0 aliphatic carbocycles. The van der Waals surface area contributed by atoms with E-state index >= 15 is 0 Å². The van der Waals surface area contributed by atoms with E-state index in [2.05, 4.69) is 15.6 Å². The third kappa shape index (κ3) is 4.13. The third-order valence-corrected chi connectivity index (χ3v) is 3.54. The van der Waals surface area contributed by atoms with Crippen LogP contribution in [0, 0.1) is 13.8 Å². The largest absolute Gasteiger partial charge is 0.466 e. The van der Waals surface area contributed by atoms with Crippen LogP contribution in [0.4, 0.5) is 10.5 Å². The van der Waals surface area contributed by atoms with Crippen molar-refractivity contribution in [2.45, 2.75) is 26.8 Å². The van der Waals surface area contributed by atoms with E-state index in [9.17, 15) is 9.59 Å². The Labute approximate surface area is 141 Å². The van der Waals surface area contributed by atoms with E-state index in [0.29, 0.717) is 5.69 Å². The molecular weight excluding hydrogens is 308 g/mol. The number of hydrogen-bond acceptors (Lipinski definition) is 4. The number of pyridine rings is 1. The van der Waals surface area contributed by atoms with Crippen LogP contribution >= 0.6 is 0 Å². The number of amides is 3. The molecule has 0 aromatic carbocycles. The zero-order valence-corrected chi connectivity index (χ0v) is 14.5. The zero-order chi connectivity index (χ0) is 17.9. The molecule has 0 saturated heterocycles. The van der Waals surface area contributed by atoms with Crippen molar-refractivity contribution in [2.75, 3.05) is 19.4 Å². The Hall–Kier alpha value is -2.83. The number of aromatic nitrogens is 1. The van der Waals surface area contributed by atoms with E-state index in [0.717, 1.165) is 17.1 Å². The van der Waals surface area contributed by atoms with E-state index in [1.807, 2.05) is 26.8 Å². The monoisotopic (exact) mass is 330 g/mol. The van der Waals surface area contributed by atoms with Gasteiger partial charge in [-0.15, -0.1) is 0 Å². The molecule has 0 aliphatic heterocycles. The molecule has 2 heterocycles. The van der Waals surface area contributed by atoms with Gasteiger partial charge in [0.15, 0.2) is 0 Å². The minimum Gasteiger partial charge on any atom is -0.466 e. The van der Waals surface area contributed by atoms with Crippen molar-refractivity contribution in [3.8, 4) is 0 Å². The van der Waals surface area contributed by atoms with Crippen LogP contribution in [0.2, 0.25) is 0 Å². The second-order valence-corrected chi connectivity index (χ2v) is 5.82. The van der Waals surface area contributed by atoms with Crippen molar-refractivity contribution in [3.63, 3.8) is 0 Å². The summed E-state index contributed by atoms with van der Waals surface area (Å²) in [7, 11) is 3.29. The van der Waals surface area contributed by atoms with E-state index < -0.39 is 0 Å². The number of anilines is 1. The van der Waals surface area contributed by atoms with Crippen LogP contribution in [0.1, 0.15) is 40.5 Å². The fraction of sp³-hybridized carbons (Fsp3) is 0.353. The van der Waals surface area contributed by atoms with E-state index in [1.54, 1.807) is 26.2 Å². The van der Waals surface area contributed by atoms with Gasteiger partial charge in [0.25, 0.3) is 5.91 Å². The van der Waals surface area contributed by atoms with Gasteiger partial charge in [-0.05, 0) is 39.0 Å². The molecule has 24 heavy (non-hydrogen) atoms. The molecular formula is C17H22N4O3. The number of carbonyl (C=O) groups is 2. The van der Waals surface area contributed by atoms with Crippen molar-refractivity contribution in [1.29, 1.82) is 0 Å². The summed E-state index contributed by atoms with van der Waals surface area (Å²) in [6.45, 7) is 5.61. The highest BCUT2D eigenvalue weighted by Gasteiger charge is 2.16. The van der Waals surface area contributed by atoms with Gasteiger partial charge in [0.05, 0.1) is 6.04 Å². The molecule has 0 spiro atoms. The van der Waals surface area contributed by atoms with Gasteiger partial charge in [0, 0.05) is 31.5 Å². The fourth-order valence-electron chi connectivity index (χ4n) is 2.38. The van der Waals surface area contributed by atoms with Gasteiger partial charge in [0.2, 0.25) is 0 Å². The quantitative estimate of drug-likeness (QED) is 0.902. The number of hydrogen-bond donors (Lipinski definition) is 2. The van der Waals surface area contributed by atoms with Crippen LogP contribution in [0.25, 0.3) is 0 Å². The van der Waals surface area contributed by atoms with Crippen LogP contribution in [0.5, 0.6) is 0 Å². The third-order valence-electron chi connectivity index (χ3n) is 3.54. The maximum atomic E-state index is 12.2. The Morgan fingerprint density at radius 3 is 2.54 bits per heavy atom. The second-order valence-electron chi connectivity index (χ2n) is 5.82. The summed E-state index contributed by atoms with van der Waals surface area (Å²) in [4.78, 5) is 29.5. The van der Waals surface area contributed by atoms with Gasteiger partial charge in [-0.25, -0.2) is 4.79 Å². The Balaban J connectivity index is 2.03. The minimum absolute atomic E-state index is 0.202. The highest BCUT2D eigenvalue weighted by Crippen LogP contribution is 2.21. The van der Waals surface area contributed by atoms with Crippen molar-refractivity contribution in [2.24, 2.45) is 0 Å². The molecule has 2 rings (SSSR count). The molecule has 0 saturated carbocycles. The molecule has 2 N–H and O–H groups in total. The smallest absolute Gasteiger partial charge is 0.319 e. The summed E-state index contributed by atoms with van der Waals surface area (Å²) in [6.07, 6.45) is 1.49. The van der Waals surface area contributed by atoms with Gasteiger partial charge < -0.3 is 20.0 Å². The van der Waals surface area contributed by atoms with Gasteiger partial charge in [0.1, 0.15) is 17.2 Å². The highest BCUT2D eigenvalue weighted by molar-refractivity contribution is 5.95. The summed E-state index contributed by atoms with van der Waals surface area (Å²) >= 11 is 0. The molecule has 128 valence electrons.